The van der Waals surface area contributed by atoms with Crippen LogP contribution in [0.3, 0.4) is 0 Å². The minimum Gasteiger partial charge on any atom is -0.0720 e. The molecule has 0 heteroatoms. The molecule has 0 nitrogen and oxygen atoms in total. The van der Waals surface area contributed by atoms with Gasteiger partial charge in [0.25, 0.3) is 0 Å². The van der Waals surface area contributed by atoms with Crippen molar-refractivity contribution in [1.82, 2.24) is 0 Å². The van der Waals surface area contributed by atoms with Gasteiger partial charge in [0, 0.05) is 5.92 Å². The van der Waals surface area contributed by atoms with Crippen LogP contribution in [0.1, 0.15) is 17.0 Å². The molecule has 81 valence electrons. The van der Waals surface area contributed by atoms with Gasteiger partial charge < -0.3 is 0 Å². The van der Waals surface area contributed by atoms with Gasteiger partial charge in [0.1, 0.15) is 0 Å². The Morgan fingerprint density at radius 2 is 1.41 bits per heavy atom. The molecule has 0 N–H and O–H groups in total. The molecule has 17 heavy (non-hydrogen) atoms. The van der Waals surface area contributed by atoms with E-state index in [-0.39, 0.29) is 0 Å². The van der Waals surface area contributed by atoms with Crippen LogP contribution in [0.5, 0.6) is 0 Å². The van der Waals surface area contributed by atoms with Crippen LogP contribution in [0.25, 0.3) is 5.57 Å². The zero-order valence-corrected chi connectivity index (χ0v) is 9.51. The molecule has 1 atom stereocenters. The lowest BCUT2D eigenvalue weighted by atomic mass is 10.00. The summed E-state index contributed by atoms with van der Waals surface area (Å²) in [6.45, 7) is 0. The smallest absolute Gasteiger partial charge is 0.0282 e. The van der Waals surface area contributed by atoms with Crippen molar-refractivity contribution in [2.24, 2.45) is 0 Å². The predicted molar refractivity (Wildman–Crippen MR) is 71.4 cm³/mol. The third kappa shape index (κ3) is 2.07. The first-order valence-corrected chi connectivity index (χ1v) is 5.85. The van der Waals surface area contributed by atoms with Gasteiger partial charge >= 0.3 is 0 Å². The number of allylic oxidation sites excluding steroid dienone is 4. The van der Waals surface area contributed by atoms with Crippen LogP contribution < -0.4 is 0 Å². The Morgan fingerprint density at radius 1 is 0.765 bits per heavy atom. The molecule has 3 rings (SSSR count). The molecule has 0 aromatic heterocycles. The third-order valence-electron chi connectivity index (χ3n) is 3.01. The van der Waals surface area contributed by atoms with Crippen molar-refractivity contribution >= 4 is 5.57 Å². The highest BCUT2D eigenvalue weighted by Gasteiger charge is 2.12. The van der Waals surface area contributed by atoms with Crippen molar-refractivity contribution in [3.05, 3.63) is 90.0 Å². The van der Waals surface area contributed by atoms with Crippen LogP contribution in [-0.2, 0) is 0 Å². The van der Waals surface area contributed by atoms with Gasteiger partial charge in [0.05, 0.1) is 0 Å². The Kier molecular flexibility index (Phi) is 2.63. The van der Waals surface area contributed by atoms with E-state index in [1.807, 2.05) is 12.1 Å². The molecule has 1 aliphatic carbocycles. The number of hydrogen-bond donors (Lipinski definition) is 0. The molecule has 2 aromatic carbocycles. The standard InChI is InChI=1S/C17H13/c1-3-7-14(8-4-1)16-11-12-17(13-16)15-9-5-2-6-10-15/h1-12,16H. The molecule has 1 radical (unpaired) electrons. The summed E-state index contributed by atoms with van der Waals surface area (Å²) in [5.41, 5.74) is 3.73. The minimum atomic E-state index is 0.298. The fraction of sp³-hybridized carbons (Fsp3) is 0.0588. The zero-order valence-electron chi connectivity index (χ0n) is 9.51. The van der Waals surface area contributed by atoms with Gasteiger partial charge in [-0.15, -0.1) is 0 Å². The Labute approximate surface area is 102 Å². The second-order valence-corrected chi connectivity index (χ2v) is 4.17. The van der Waals surface area contributed by atoms with Crippen molar-refractivity contribution in [3.63, 3.8) is 0 Å². The van der Waals surface area contributed by atoms with Gasteiger partial charge in [-0.05, 0) is 22.8 Å². The predicted octanol–water partition coefficient (Wildman–Crippen LogP) is 4.23. The van der Waals surface area contributed by atoms with Gasteiger partial charge in [-0.2, -0.15) is 0 Å². The summed E-state index contributed by atoms with van der Waals surface area (Å²) in [7, 11) is 0. The maximum atomic E-state index is 3.53. The number of hydrogen-bond acceptors (Lipinski definition) is 0. The van der Waals surface area contributed by atoms with E-state index in [1.54, 1.807) is 0 Å². The first kappa shape index (κ1) is 10.1. The molecule has 0 saturated heterocycles. The van der Waals surface area contributed by atoms with E-state index in [0.29, 0.717) is 5.92 Å². The van der Waals surface area contributed by atoms with E-state index in [9.17, 15) is 0 Å². The molecule has 2 aromatic rings. The monoisotopic (exact) mass is 217 g/mol. The molecule has 0 bridgehead atoms. The molecule has 1 unspecified atom stereocenters. The first-order chi connectivity index (χ1) is 8.43. The van der Waals surface area contributed by atoms with Gasteiger partial charge in [0.15, 0.2) is 0 Å². The normalized spacial score (nSPS) is 18.1. The van der Waals surface area contributed by atoms with E-state index in [2.05, 4.69) is 66.8 Å². The Hall–Kier alpha value is -2.08. The quantitative estimate of drug-likeness (QED) is 0.706. The van der Waals surface area contributed by atoms with Crippen LogP contribution in [0.15, 0.2) is 72.8 Å². The van der Waals surface area contributed by atoms with Crippen molar-refractivity contribution in [2.45, 2.75) is 5.92 Å². The fourth-order valence-electron chi connectivity index (χ4n) is 2.11. The van der Waals surface area contributed by atoms with Gasteiger partial charge in [-0.25, -0.2) is 0 Å². The number of benzene rings is 2. The van der Waals surface area contributed by atoms with Crippen LogP contribution >= 0.6 is 0 Å². The lowest BCUT2D eigenvalue weighted by molar-refractivity contribution is 1.08. The largest absolute Gasteiger partial charge is 0.0720 e. The summed E-state index contributed by atoms with van der Waals surface area (Å²) < 4.78 is 0. The molecule has 1 aliphatic rings. The Morgan fingerprint density at radius 3 is 2.12 bits per heavy atom. The second-order valence-electron chi connectivity index (χ2n) is 4.17. The molecule has 0 aliphatic heterocycles. The van der Waals surface area contributed by atoms with Gasteiger partial charge in [-0.3, -0.25) is 0 Å². The molecule has 0 heterocycles. The number of rotatable bonds is 2. The highest BCUT2D eigenvalue weighted by atomic mass is 14.2. The highest BCUT2D eigenvalue weighted by molar-refractivity contribution is 5.75. The van der Waals surface area contributed by atoms with Gasteiger partial charge in [-0.1, -0.05) is 72.8 Å². The zero-order chi connectivity index (χ0) is 11.5. The lowest BCUT2D eigenvalue weighted by Gasteiger charge is -2.04. The highest BCUT2D eigenvalue weighted by Crippen LogP contribution is 2.30. The van der Waals surface area contributed by atoms with E-state index in [0.717, 1.165) is 0 Å². The maximum Gasteiger partial charge on any atom is 0.0282 e. The molecule has 0 spiro atoms. The summed E-state index contributed by atoms with van der Waals surface area (Å²) in [5, 5.41) is 0. The summed E-state index contributed by atoms with van der Waals surface area (Å²) in [6, 6.07) is 20.9. The average Bonchev–Trinajstić information content (AvgIpc) is 2.90. The van der Waals surface area contributed by atoms with Crippen molar-refractivity contribution in [1.29, 1.82) is 0 Å². The second kappa shape index (κ2) is 4.42. The third-order valence-corrected chi connectivity index (χ3v) is 3.01. The average molecular weight is 217 g/mol. The Bertz CT molecular complexity index is 547. The lowest BCUT2D eigenvalue weighted by Crippen LogP contribution is -1.88. The summed E-state index contributed by atoms with van der Waals surface area (Å²) in [5.74, 6) is 0.298. The van der Waals surface area contributed by atoms with E-state index >= 15 is 0 Å². The molecule has 0 amide bonds. The van der Waals surface area contributed by atoms with E-state index in [1.165, 1.54) is 16.7 Å². The van der Waals surface area contributed by atoms with Crippen molar-refractivity contribution < 1.29 is 0 Å². The summed E-state index contributed by atoms with van der Waals surface area (Å²) >= 11 is 0. The van der Waals surface area contributed by atoms with Crippen molar-refractivity contribution in [2.75, 3.05) is 0 Å². The molecular formula is C17H13. The van der Waals surface area contributed by atoms with Crippen LogP contribution in [0, 0.1) is 6.08 Å². The molecule has 0 fully saturated rings. The van der Waals surface area contributed by atoms with Crippen LogP contribution in [-0.4, -0.2) is 0 Å². The van der Waals surface area contributed by atoms with Crippen LogP contribution in [0.4, 0.5) is 0 Å². The molecular weight excluding hydrogens is 204 g/mol. The summed E-state index contributed by atoms with van der Waals surface area (Å²) in [4.78, 5) is 0. The first-order valence-electron chi connectivity index (χ1n) is 5.85. The van der Waals surface area contributed by atoms with Gasteiger partial charge in [0.2, 0.25) is 0 Å². The summed E-state index contributed by atoms with van der Waals surface area (Å²) in [6.07, 6.45) is 7.89. The minimum absolute atomic E-state index is 0.298. The SMILES string of the molecule is [C]1=C(c2ccccc2)C=CC1c1ccccc1. The van der Waals surface area contributed by atoms with E-state index in [4.69, 9.17) is 0 Å². The van der Waals surface area contributed by atoms with E-state index < -0.39 is 0 Å². The molecule has 0 saturated carbocycles. The fourth-order valence-corrected chi connectivity index (χ4v) is 2.11. The maximum absolute atomic E-state index is 3.53. The topological polar surface area (TPSA) is 0 Å². The Balaban J connectivity index is 1.91. The van der Waals surface area contributed by atoms with Crippen molar-refractivity contribution in [3.8, 4) is 0 Å². The van der Waals surface area contributed by atoms with Crippen LogP contribution in [0.2, 0.25) is 0 Å².